The van der Waals surface area contributed by atoms with E-state index in [0.29, 0.717) is 24.3 Å². The molecule has 1 saturated heterocycles. The zero-order chi connectivity index (χ0) is 15.5. The molecule has 0 bridgehead atoms. The molecular formula is C14H22ClN3O3S. The summed E-state index contributed by atoms with van der Waals surface area (Å²) in [7, 11) is -3.51. The molecule has 3 N–H and O–H groups in total. The predicted molar refractivity (Wildman–Crippen MR) is 88.7 cm³/mol. The summed E-state index contributed by atoms with van der Waals surface area (Å²) in [5.41, 5.74) is 6.38. The summed E-state index contributed by atoms with van der Waals surface area (Å²) in [6.45, 7) is 2.73. The third-order valence-corrected chi connectivity index (χ3v) is 5.63. The standard InChI is InChI=1S/C14H21N3O3S.ClH/c1-11-5-6-12(16-14(18)10-15)9-13(11)21(19,20)17-7-3-2-4-8-17;/h5-6,9H,2-4,7-8,10,15H2,1H3,(H,16,18);1H. The normalized spacial score (nSPS) is 15.9. The maximum Gasteiger partial charge on any atom is 0.243 e. The third-order valence-electron chi connectivity index (χ3n) is 3.59. The van der Waals surface area contributed by atoms with Gasteiger partial charge in [-0.3, -0.25) is 4.79 Å². The number of rotatable bonds is 4. The van der Waals surface area contributed by atoms with Gasteiger partial charge < -0.3 is 11.1 Å². The Morgan fingerprint density at radius 3 is 2.50 bits per heavy atom. The van der Waals surface area contributed by atoms with Gasteiger partial charge in [0.25, 0.3) is 0 Å². The van der Waals surface area contributed by atoms with Gasteiger partial charge in [0.2, 0.25) is 15.9 Å². The molecule has 0 aliphatic carbocycles. The van der Waals surface area contributed by atoms with Crippen LogP contribution in [0, 0.1) is 6.92 Å². The minimum absolute atomic E-state index is 0. The van der Waals surface area contributed by atoms with Crippen LogP contribution in [0.4, 0.5) is 5.69 Å². The van der Waals surface area contributed by atoms with E-state index in [-0.39, 0.29) is 29.8 Å². The number of carbonyl (C=O) groups excluding carboxylic acids is 1. The Morgan fingerprint density at radius 2 is 1.91 bits per heavy atom. The highest BCUT2D eigenvalue weighted by molar-refractivity contribution is 7.89. The molecule has 1 aromatic carbocycles. The number of halogens is 1. The van der Waals surface area contributed by atoms with Crippen molar-refractivity contribution in [3.8, 4) is 0 Å². The van der Waals surface area contributed by atoms with Crippen LogP contribution in [0.15, 0.2) is 23.1 Å². The molecule has 0 saturated carbocycles. The Kier molecular flexibility index (Phi) is 6.80. The van der Waals surface area contributed by atoms with Crippen LogP contribution < -0.4 is 11.1 Å². The molecule has 1 aliphatic heterocycles. The zero-order valence-electron chi connectivity index (χ0n) is 12.5. The maximum absolute atomic E-state index is 12.7. The molecule has 0 spiro atoms. The number of amides is 1. The summed E-state index contributed by atoms with van der Waals surface area (Å²) in [6.07, 6.45) is 2.85. The number of sulfonamides is 1. The minimum Gasteiger partial charge on any atom is -0.325 e. The molecule has 8 heteroatoms. The Balaban J connectivity index is 0.00000242. The SMILES string of the molecule is Cc1ccc(NC(=O)CN)cc1S(=O)(=O)N1CCCCC1.Cl. The fourth-order valence-corrected chi connectivity index (χ4v) is 4.18. The number of hydrogen-bond acceptors (Lipinski definition) is 4. The Labute approximate surface area is 137 Å². The lowest BCUT2D eigenvalue weighted by Crippen LogP contribution is -2.36. The molecular weight excluding hydrogens is 326 g/mol. The summed E-state index contributed by atoms with van der Waals surface area (Å²) in [5.74, 6) is -0.347. The first-order valence-corrected chi connectivity index (χ1v) is 8.50. The summed E-state index contributed by atoms with van der Waals surface area (Å²) >= 11 is 0. The van der Waals surface area contributed by atoms with E-state index >= 15 is 0 Å². The first kappa shape index (κ1) is 18.9. The second-order valence-corrected chi connectivity index (χ2v) is 7.10. The average molecular weight is 348 g/mol. The van der Waals surface area contributed by atoms with Crippen LogP contribution in [0.25, 0.3) is 0 Å². The zero-order valence-corrected chi connectivity index (χ0v) is 14.2. The van der Waals surface area contributed by atoms with Crippen molar-refractivity contribution in [1.29, 1.82) is 0 Å². The monoisotopic (exact) mass is 347 g/mol. The average Bonchev–Trinajstić information content (AvgIpc) is 2.49. The summed E-state index contributed by atoms with van der Waals surface area (Å²) < 4.78 is 26.9. The number of carbonyl (C=O) groups is 1. The number of nitrogens with two attached hydrogens (primary N) is 1. The van der Waals surface area contributed by atoms with E-state index in [1.165, 1.54) is 10.4 Å². The van der Waals surface area contributed by atoms with Crippen molar-refractivity contribution in [2.45, 2.75) is 31.1 Å². The van der Waals surface area contributed by atoms with Crippen LogP contribution in [0.3, 0.4) is 0 Å². The number of nitrogens with one attached hydrogen (secondary N) is 1. The number of piperidine rings is 1. The molecule has 1 fully saturated rings. The quantitative estimate of drug-likeness (QED) is 0.863. The van der Waals surface area contributed by atoms with Crippen LogP contribution in [-0.4, -0.2) is 38.3 Å². The first-order chi connectivity index (χ1) is 9.95. The second-order valence-electron chi connectivity index (χ2n) is 5.20. The molecule has 0 unspecified atom stereocenters. The number of benzene rings is 1. The molecule has 1 amide bonds. The largest absolute Gasteiger partial charge is 0.325 e. The van der Waals surface area contributed by atoms with Gasteiger partial charge in [0.05, 0.1) is 11.4 Å². The number of anilines is 1. The second kappa shape index (κ2) is 7.92. The van der Waals surface area contributed by atoms with E-state index in [0.717, 1.165) is 19.3 Å². The summed E-state index contributed by atoms with van der Waals surface area (Å²) in [5, 5.41) is 2.59. The molecule has 6 nitrogen and oxygen atoms in total. The minimum atomic E-state index is -3.51. The predicted octanol–water partition coefficient (Wildman–Crippen LogP) is 1.49. The highest BCUT2D eigenvalue weighted by Gasteiger charge is 2.27. The number of aryl methyl sites for hydroxylation is 1. The van der Waals surface area contributed by atoms with Crippen LogP contribution in [0.2, 0.25) is 0 Å². The van der Waals surface area contributed by atoms with Crippen molar-refractivity contribution in [3.63, 3.8) is 0 Å². The van der Waals surface area contributed by atoms with E-state index in [1.54, 1.807) is 19.1 Å². The smallest absolute Gasteiger partial charge is 0.243 e. The van der Waals surface area contributed by atoms with E-state index in [2.05, 4.69) is 5.32 Å². The van der Waals surface area contributed by atoms with Gasteiger partial charge in [0, 0.05) is 18.8 Å². The highest BCUT2D eigenvalue weighted by atomic mass is 35.5. The van der Waals surface area contributed by atoms with Gasteiger partial charge in [-0.25, -0.2) is 8.42 Å². The van der Waals surface area contributed by atoms with Gasteiger partial charge in [-0.1, -0.05) is 12.5 Å². The molecule has 124 valence electrons. The molecule has 1 aliphatic rings. The Bertz CT molecular complexity index is 628. The van der Waals surface area contributed by atoms with Gasteiger partial charge in [-0.05, 0) is 37.5 Å². The molecule has 1 aromatic rings. The molecule has 2 rings (SSSR count). The molecule has 0 aromatic heterocycles. The topological polar surface area (TPSA) is 92.5 Å². The van der Waals surface area contributed by atoms with Crippen molar-refractivity contribution >= 4 is 34.0 Å². The van der Waals surface area contributed by atoms with Crippen LogP contribution in [-0.2, 0) is 14.8 Å². The van der Waals surface area contributed by atoms with E-state index in [1.807, 2.05) is 0 Å². The number of hydrogen-bond donors (Lipinski definition) is 2. The first-order valence-electron chi connectivity index (χ1n) is 7.06. The molecule has 22 heavy (non-hydrogen) atoms. The van der Waals surface area contributed by atoms with Gasteiger partial charge in [0.15, 0.2) is 0 Å². The van der Waals surface area contributed by atoms with Gasteiger partial charge in [-0.15, -0.1) is 12.4 Å². The lowest BCUT2D eigenvalue weighted by atomic mass is 10.2. The van der Waals surface area contributed by atoms with Crippen molar-refractivity contribution in [3.05, 3.63) is 23.8 Å². The van der Waals surface area contributed by atoms with Gasteiger partial charge in [0.1, 0.15) is 0 Å². The van der Waals surface area contributed by atoms with Crippen molar-refractivity contribution in [1.82, 2.24) is 4.31 Å². The highest BCUT2D eigenvalue weighted by Crippen LogP contribution is 2.25. The Hall–Kier alpha value is -1.15. The van der Waals surface area contributed by atoms with Crippen LogP contribution >= 0.6 is 12.4 Å². The van der Waals surface area contributed by atoms with Gasteiger partial charge in [-0.2, -0.15) is 4.31 Å². The van der Waals surface area contributed by atoms with E-state index in [4.69, 9.17) is 5.73 Å². The van der Waals surface area contributed by atoms with E-state index in [9.17, 15) is 13.2 Å². The molecule has 0 radical (unpaired) electrons. The van der Waals surface area contributed by atoms with Gasteiger partial charge >= 0.3 is 0 Å². The van der Waals surface area contributed by atoms with Crippen molar-refractivity contribution in [2.24, 2.45) is 5.73 Å². The van der Waals surface area contributed by atoms with Crippen molar-refractivity contribution in [2.75, 3.05) is 25.0 Å². The van der Waals surface area contributed by atoms with Crippen LogP contribution in [0.1, 0.15) is 24.8 Å². The van der Waals surface area contributed by atoms with Crippen molar-refractivity contribution < 1.29 is 13.2 Å². The summed E-state index contributed by atoms with van der Waals surface area (Å²) in [6, 6.07) is 4.88. The third kappa shape index (κ3) is 4.19. The van der Waals surface area contributed by atoms with E-state index < -0.39 is 10.0 Å². The fraction of sp³-hybridized carbons (Fsp3) is 0.500. The fourth-order valence-electron chi connectivity index (χ4n) is 2.41. The lowest BCUT2D eigenvalue weighted by molar-refractivity contribution is -0.114. The maximum atomic E-state index is 12.7. The summed E-state index contributed by atoms with van der Waals surface area (Å²) in [4.78, 5) is 11.6. The lowest BCUT2D eigenvalue weighted by Gasteiger charge is -2.26. The van der Waals surface area contributed by atoms with Crippen LogP contribution in [0.5, 0.6) is 0 Å². The number of nitrogens with zero attached hydrogens (tertiary/aromatic N) is 1. The molecule has 0 atom stereocenters. The Morgan fingerprint density at radius 1 is 1.27 bits per heavy atom. The molecule has 1 heterocycles.